The minimum Gasteiger partial charge on any atom is -0.478 e. The van der Waals surface area contributed by atoms with Crippen LogP contribution in [0.4, 0.5) is 16.2 Å². The fraction of sp³-hybridized carbons (Fsp3) is 0.294. The third kappa shape index (κ3) is 3.09. The van der Waals surface area contributed by atoms with Gasteiger partial charge in [-0.1, -0.05) is 6.07 Å². The topological polar surface area (TPSA) is 130 Å². The molecule has 0 bridgehead atoms. The number of nitrogens with zero attached hydrogens (tertiary/aromatic N) is 4. The van der Waals surface area contributed by atoms with Gasteiger partial charge >= 0.3 is 5.97 Å². The van der Waals surface area contributed by atoms with Crippen LogP contribution < -0.4 is 15.4 Å². The molecule has 0 spiro atoms. The first-order valence-corrected chi connectivity index (χ1v) is 8.36. The second-order valence-corrected chi connectivity index (χ2v) is 6.35. The standard InChI is InChI=1S/C17H17FN6O3/c18-10-2-1-3-11(8-10)27-17(15(25)26)4-6-24(7-5-17)14-12-13(21-9-20-12)22-16(19)23-14/h1-3,8-9H,4-7H2,(H,25,26)(H3,19,20,21,22,23). The molecule has 27 heavy (non-hydrogen) atoms. The van der Waals surface area contributed by atoms with Crippen LogP contribution >= 0.6 is 0 Å². The molecule has 0 saturated carbocycles. The number of imidazole rings is 1. The van der Waals surface area contributed by atoms with E-state index < -0.39 is 17.4 Å². The van der Waals surface area contributed by atoms with Gasteiger partial charge in [-0.25, -0.2) is 14.2 Å². The number of carbonyl (C=O) groups is 1. The predicted molar refractivity (Wildman–Crippen MR) is 94.9 cm³/mol. The molecule has 1 saturated heterocycles. The summed E-state index contributed by atoms with van der Waals surface area (Å²) >= 11 is 0. The number of anilines is 2. The Balaban J connectivity index is 1.58. The predicted octanol–water partition coefficient (Wildman–Crippen LogP) is 1.58. The number of piperidine rings is 1. The maximum absolute atomic E-state index is 13.4. The SMILES string of the molecule is Nc1nc(N2CCC(Oc3cccc(F)c3)(C(=O)O)CC2)c2[nH]cnc2n1. The van der Waals surface area contributed by atoms with E-state index in [1.54, 1.807) is 6.07 Å². The summed E-state index contributed by atoms with van der Waals surface area (Å²) in [5, 5.41) is 9.76. The highest BCUT2D eigenvalue weighted by atomic mass is 19.1. The summed E-state index contributed by atoms with van der Waals surface area (Å²) in [5.41, 5.74) is 5.40. The number of benzene rings is 1. The van der Waals surface area contributed by atoms with Crippen LogP contribution in [0.3, 0.4) is 0 Å². The fourth-order valence-electron chi connectivity index (χ4n) is 3.26. The van der Waals surface area contributed by atoms with Crippen molar-refractivity contribution >= 4 is 28.9 Å². The molecule has 3 heterocycles. The number of halogens is 1. The second-order valence-electron chi connectivity index (χ2n) is 6.35. The molecule has 0 radical (unpaired) electrons. The number of aromatic nitrogens is 4. The molecule has 1 aromatic carbocycles. The normalized spacial score (nSPS) is 16.4. The first kappa shape index (κ1) is 17.0. The Hall–Kier alpha value is -3.43. The van der Waals surface area contributed by atoms with E-state index in [2.05, 4.69) is 19.9 Å². The number of aromatic amines is 1. The van der Waals surface area contributed by atoms with Crippen LogP contribution in [-0.2, 0) is 4.79 Å². The Bertz CT molecular complexity index is 999. The molecule has 0 aliphatic carbocycles. The third-order valence-electron chi connectivity index (χ3n) is 4.65. The summed E-state index contributed by atoms with van der Waals surface area (Å²) in [6, 6.07) is 5.47. The quantitative estimate of drug-likeness (QED) is 0.629. The minimum absolute atomic E-state index is 0.0932. The average Bonchev–Trinajstić information content (AvgIpc) is 3.10. The van der Waals surface area contributed by atoms with Crippen molar-refractivity contribution in [1.29, 1.82) is 0 Å². The number of ether oxygens (including phenoxy) is 1. The fourth-order valence-corrected chi connectivity index (χ4v) is 3.26. The number of nitrogen functional groups attached to an aromatic ring is 1. The number of H-pyrrole nitrogens is 1. The van der Waals surface area contributed by atoms with Crippen LogP contribution in [-0.4, -0.2) is 49.7 Å². The lowest BCUT2D eigenvalue weighted by atomic mass is 9.91. The van der Waals surface area contributed by atoms with Crippen LogP contribution in [0.1, 0.15) is 12.8 Å². The van der Waals surface area contributed by atoms with Crippen LogP contribution in [0.15, 0.2) is 30.6 Å². The van der Waals surface area contributed by atoms with Crippen LogP contribution in [0.2, 0.25) is 0 Å². The van der Waals surface area contributed by atoms with Crippen molar-refractivity contribution in [2.75, 3.05) is 23.7 Å². The van der Waals surface area contributed by atoms with E-state index in [4.69, 9.17) is 10.5 Å². The lowest BCUT2D eigenvalue weighted by molar-refractivity contribution is -0.157. The van der Waals surface area contributed by atoms with Crippen molar-refractivity contribution in [3.05, 3.63) is 36.4 Å². The van der Waals surface area contributed by atoms with Gasteiger partial charge in [0.15, 0.2) is 11.5 Å². The Morgan fingerprint density at radius 2 is 2.11 bits per heavy atom. The number of carboxylic acid groups (broad SMARTS) is 1. The Kier molecular flexibility index (Phi) is 4.02. The highest BCUT2D eigenvalue weighted by molar-refractivity contribution is 5.85. The van der Waals surface area contributed by atoms with Crippen LogP contribution in [0, 0.1) is 5.82 Å². The van der Waals surface area contributed by atoms with Gasteiger partial charge in [0.05, 0.1) is 6.33 Å². The van der Waals surface area contributed by atoms with Gasteiger partial charge in [-0.2, -0.15) is 9.97 Å². The van der Waals surface area contributed by atoms with Gasteiger partial charge in [0.2, 0.25) is 11.5 Å². The van der Waals surface area contributed by atoms with Crippen molar-refractivity contribution < 1.29 is 19.0 Å². The van der Waals surface area contributed by atoms with E-state index in [0.29, 0.717) is 30.1 Å². The molecule has 4 N–H and O–H groups in total. The molecule has 0 unspecified atom stereocenters. The summed E-state index contributed by atoms with van der Waals surface area (Å²) in [6.07, 6.45) is 1.89. The number of fused-ring (bicyclic) bond motifs is 1. The zero-order chi connectivity index (χ0) is 19.0. The monoisotopic (exact) mass is 372 g/mol. The number of carboxylic acids is 1. The minimum atomic E-state index is -1.43. The van der Waals surface area contributed by atoms with E-state index in [1.165, 1.54) is 24.5 Å². The van der Waals surface area contributed by atoms with Crippen molar-refractivity contribution in [2.45, 2.75) is 18.4 Å². The van der Waals surface area contributed by atoms with Gasteiger partial charge in [-0.3, -0.25) is 0 Å². The molecule has 3 aromatic rings. The molecule has 140 valence electrons. The molecule has 1 fully saturated rings. The first-order chi connectivity index (χ1) is 13.0. The number of hydrogen-bond acceptors (Lipinski definition) is 7. The molecule has 0 amide bonds. The summed E-state index contributed by atoms with van der Waals surface area (Å²) in [4.78, 5) is 29.2. The zero-order valence-electron chi connectivity index (χ0n) is 14.2. The van der Waals surface area contributed by atoms with Gasteiger partial charge < -0.3 is 25.5 Å². The maximum atomic E-state index is 13.4. The van der Waals surface area contributed by atoms with Gasteiger partial charge in [0.1, 0.15) is 17.1 Å². The van der Waals surface area contributed by atoms with E-state index in [0.717, 1.165) is 0 Å². The molecule has 4 rings (SSSR count). The molecular formula is C17H17FN6O3. The number of rotatable bonds is 4. The zero-order valence-corrected chi connectivity index (χ0v) is 14.2. The smallest absolute Gasteiger partial charge is 0.348 e. The molecule has 10 heteroatoms. The summed E-state index contributed by atoms with van der Waals surface area (Å²) < 4.78 is 19.1. The average molecular weight is 372 g/mol. The van der Waals surface area contributed by atoms with Crippen LogP contribution in [0.5, 0.6) is 5.75 Å². The molecule has 1 aliphatic rings. The Labute approximate surface area is 153 Å². The van der Waals surface area contributed by atoms with Gasteiger partial charge in [-0.15, -0.1) is 0 Å². The van der Waals surface area contributed by atoms with Crippen molar-refractivity contribution in [3.63, 3.8) is 0 Å². The van der Waals surface area contributed by atoms with Gasteiger partial charge in [-0.05, 0) is 12.1 Å². The number of nitrogens with two attached hydrogens (primary N) is 1. The Morgan fingerprint density at radius 1 is 1.33 bits per heavy atom. The summed E-state index contributed by atoms with van der Waals surface area (Å²) in [7, 11) is 0. The lowest BCUT2D eigenvalue weighted by Crippen LogP contribution is -2.53. The molecule has 2 aromatic heterocycles. The largest absolute Gasteiger partial charge is 0.478 e. The van der Waals surface area contributed by atoms with Crippen molar-refractivity contribution in [1.82, 2.24) is 19.9 Å². The van der Waals surface area contributed by atoms with Crippen molar-refractivity contribution in [3.8, 4) is 5.75 Å². The molecule has 0 atom stereocenters. The number of aliphatic carboxylic acids is 1. The van der Waals surface area contributed by atoms with Gasteiger partial charge in [0.25, 0.3) is 0 Å². The highest BCUT2D eigenvalue weighted by Gasteiger charge is 2.44. The van der Waals surface area contributed by atoms with E-state index in [-0.39, 0.29) is 24.5 Å². The highest BCUT2D eigenvalue weighted by Crippen LogP contribution is 2.33. The van der Waals surface area contributed by atoms with E-state index in [1.807, 2.05) is 4.90 Å². The summed E-state index contributed by atoms with van der Waals surface area (Å²) in [5.74, 6) is -0.715. The van der Waals surface area contributed by atoms with Crippen molar-refractivity contribution in [2.24, 2.45) is 0 Å². The molecule has 9 nitrogen and oxygen atoms in total. The Morgan fingerprint density at radius 3 is 2.81 bits per heavy atom. The molecular weight excluding hydrogens is 355 g/mol. The third-order valence-corrected chi connectivity index (χ3v) is 4.65. The summed E-state index contributed by atoms with van der Waals surface area (Å²) in [6.45, 7) is 0.735. The first-order valence-electron chi connectivity index (χ1n) is 8.36. The van der Waals surface area contributed by atoms with Crippen LogP contribution in [0.25, 0.3) is 11.2 Å². The number of hydrogen-bond donors (Lipinski definition) is 3. The van der Waals surface area contributed by atoms with E-state index >= 15 is 0 Å². The lowest BCUT2D eigenvalue weighted by Gasteiger charge is -2.39. The maximum Gasteiger partial charge on any atom is 0.348 e. The number of nitrogens with one attached hydrogen (secondary N) is 1. The van der Waals surface area contributed by atoms with Gasteiger partial charge in [0, 0.05) is 32.0 Å². The molecule has 1 aliphatic heterocycles. The van der Waals surface area contributed by atoms with E-state index in [9.17, 15) is 14.3 Å². The second kappa shape index (κ2) is 6.38.